The molecule has 0 aliphatic rings. The largest absolute Gasteiger partial charge is 0.495 e. The molecule has 2 aromatic carbocycles. The normalized spacial score (nSPS) is 10.7. The summed E-state index contributed by atoms with van der Waals surface area (Å²) in [4.78, 5) is 30.1. The van der Waals surface area contributed by atoms with Crippen LogP contribution >= 0.6 is 23.2 Å². The van der Waals surface area contributed by atoms with Crippen LogP contribution in [0.2, 0.25) is 10.0 Å². The summed E-state index contributed by atoms with van der Waals surface area (Å²) in [7, 11) is 1.51. The Morgan fingerprint density at radius 2 is 1.87 bits per heavy atom. The summed E-state index contributed by atoms with van der Waals surface area (Å²) in [6.45, 7) is 1.82. The smallest absolute Gasteiger partial charge is 0.254 e. The Morgan fingerprint density at radius 1 is 1.13 bits per heavy atom. The minimum atomic E-state index is -0.376. The summed E-state index contributed by atoms with van der Waals surface area (Å²) >= 11 is 12.1. The average molecular weight is 446 g/mol. The van der Waals surface area contributed by atoms with E-state index in [1.165, 1.54) is 17.7 Å². The molecule has 0 atom stereocenters. The lowest BCUT2D eigenvalue weighted by molar-refractivity contribution is -0.116. The minimum Gasteiger partial charge on any atom is -0.495 e. The lowest BCUT2D eigenvalue weighted by atomic mass is 10.2. The number of hydrogen-bond donors (Lipinski definition) is 1. The molecule has 1 aromatic heterocycles. The number of methoxy groups -OCH3 is 1. The van der Waals surface area contributed by atoms with Crippen molar-refractivity contribution in [2.24, 2.45) is 0 Å². The van der Waals surface area contributed by atoms with Crippen molar-refractivity contribution in [3.8, 4) is 17.1 Å². The van der Waals surface area contributed by atoms with E-state index in [2.05, 4.69) is 10.3 Å². The van der Waals surface area contributed by atoms with Gasteiger partial charge in [-0.25, -0.2) is 4.98 Å². The predicted molar refractivity (Wildman–Crippen MR) is 120 cm³/mol. The molecular formula is C22H21Cl2N3O3. The molecule has 0 bridgehead atoms. The molecule has 0 saturated heterocycles. The first-order chi connectivity index (χ1) is 14.4. The monoisotopic (exact) mass is 445 g/mol. The van der Waals surface area contributed by atoms with Crippen LogP contribution in [0, 0.1) is 0 Å². The van der Waals surface area contributed by atoms with E-state index in [-0.39, 0.29) is 18.0 Å². The van der Waals surface area contributed by atoms with Gasteiger partial charge in [-0.15, -0.1) is 0 Å². The van der Waals surface area contributed by atoms with E-state index in [1.54, 1.807) is 42.5 Å². The van der Waals surface area contributed by atoms with Crippen LogP contribution in [0.25, 0.3) is 11.4 Å². The molecule has 0 unspecified atom stereocenters. The zero-order valence-electron chi connectivity index (χ0n) is 16.6. The van der Waals surface area contributed by atoms with Gasteiger partial charge in [-0.05, 0) is 48.9 Å². The summed E-state index contributed by atoms with van der Waals surface area (Å²) in [5, 5.41) is 3.70. The van der Waals surface area contributed by atoms with Gasteiger partial charge in [-0.2, -0.15) is 0 Å². The van der Waals surface area contributed by atoms with E-state index < -0.39 is 0 Å². The summed E-state index contributed by atoms with van der Waals surface area (Å²) in [5.74, 6) is 0.552. The number of aryl methyl sites for hydroxylation is 1. The zero-order chi connectivity index (χ0) is 21.7. The van der Waals surface area contributed by atoms with E-state index in [9.17, 15) is 9.59 Å². The number of carbonyl (C=O) groups is 1. The molecule has 3 aromatic rings. The van der Waals surface area contributed by atoms with Crippen LogP contribution in [-0.2, 0) is 17.8 Å². The van der Waals surface area contributed by atoms with Gasteiger partial charge in [0.2, 0.25) is 5.91 Å². The van der Waals surface area contributed by atoms with Crippen molar-refractivity contribution >= 4 is 34.8 Å². The molecule has 0 saturated carbocycles. The maximum absolute atomic E-state index is 12.8. The third-order valence-corrected chi connectivity index (χ3v) is 4.95. The number of aromatic nitrogens is 2. The van der Waals surface area contributed by atoms with Gasteiger partial charge in [0.25, 0.3) is 5.56 Å². The molecule has 1 heterocycles. The van der Waals surface area contributed by atoms with Gasteiger partial charge in [0.05, 0.1) is 12.1 Å². The number of ether oxygens (including phenoxy) is 1. The van der Waals surface area contributed by atoms with Crippen LogP contribution in [0.1, 0.15) is 19.0 Å². The average Bonchev–Trinajstić information content (AvgIpc) is 2.71. The van der Waals surface area contributed by atoms with Crippen molar-refractivity contribution < 1.29 is 9.53 Å². The molecule has 3 rings (SSSR count). The van der Waals surface area contributed by atoms with Crippen molar-refractivity contribution in [3.05, 3.63) is 74.6 Å². The second kappa shape index (κ2) is 9.78. The highest BCUT2D eigenvalue weighted by molar-refractivity contribution is 6.32. The highest BCUT2D eigenvalue weighted by atomic mass is 35.5. The Labute approximate surface area is 184 Å². The van der Waals surface area contributed by atoms with Gasteiger partial charge in [0.15, 0.2) is 0 Å². The van der Waals surface area contributed by atoms with E-state index in [4.69, 9.17) is 27.9 Å². The van der Waals surface area contributed by atoms with E-state index in [0.717, 1.165) is 6.42 Å². The fraction of sp³-hybridized carbons (Fsp3) is 0.227. The van der Waals surface area contributed by atoms with E-state index >= 15 is 0 Å². The third kappa shape index (κ3) is 5.20. The highest BCUT2D eigenvalue weighted by Crippen LogP contribution is 2.27. The fourth-order valence-corrected chi connectivity index (χ4v) is 3.38. The van der Waals surface area contributed by atoms with Gasteiger partial charge in [-0.1, -0.05) is 36.5 Å². The zero-order valence-corrected chi connectivity index (χ0v) is 18.1. The molecule has 0 radical (unpaired) electrons. The van der Waals surface area contributed by atoms with E-state index in [1.807, 2.05) is 6.92 Å². The molecule has 0 spiro atoms. The maximum Gasteiger partial charge on any atom is 0.254 e. The summed E-state index contributed by atoms with van der Waals surface area (Å²) in [6.07, 6.45) is 1.53. The molecule has 0 aliphatic carbocycles. The predicted octanol–water partition coefficient (Wildman–Crippen LogP) is 4.82. The fourth-order valence-electron chi connectivity index (χ4n) is 3.00. The SMILES string of the molecule is CCCc1cc(=O)n(CC(=O)Nc2ccc(OC)c(Cl)c2)c(-c2ccc(Cl)cc2)n1. The molecule has 1 N–H and O–H groups in total. The standard InChI is InChI=1S/C22H21Cl2N3O3/c1-3-4-16-12-21(29)27(22(26-16)14-5-7-15(23)8-6-14)13-20(28)25-17-9-10-19(30-2)18(24)11-17/h5-12H,3-4,13H2,1-2H3,(H,25,28). The van der Waals surface area contributed by atoms with Gasteiger partial charge in [0.1, 0.15) is 18.1 Å². The van der Waals surface area contributed by atoms with Crippen molar-refractivity contribution in [3.63, 3.8) is 0 Å². The Bertz CT molecular complexity index is 1110. The number of benzene rings is 2. The molecule has 1 amide bonds. The lowest BCUT2D eigenvalue weighted by Gasteiger charge is -2.14. The third-order valence-electron chi connectivity index (χ3n) is 4.41. The van der Waals surface area contributed by atoms with Gasteiger partial charge in [0, 0.05) is 28.0 Å². The quantitative estimate of drug-likeness (QED) is 0.565. The molecule has 0 fully saturated rings. The number of rotatable bonds is 7. The van der Waals surface area contributed by atoms with Crippen molar-refractivity contribution in [1.82, 2.24) is 9.55 Å². The number of carbonyl (C=O) groups excluding carboxylic acids is 1. The van der Waals surface area contributed by atoms with Crippen LogP contribution in [0.3, 0.4) is 0 Å². The number of hydrogen-bond acceptors (Lipinski definition) is 4. The van der Waals surface area contributed by atoms with Crippen LogP contribution in [0.15, 0.2) is 53.3 Å². The molecule has 8 heteroatoms. The van der Waals surface area contributed by atoms with Gasteiger partial charge >= 0.3 is 0 Å². The summed E-state index contributed by atoms with van der Waals surface area (Å²) in [5.41, 5.74) is 1.60. The number of nitrogens with zero attached hydrogens (tertiary/aromatic N) is 2. The molecular weight excluding hydrogens is 425 g/mol. The van der Waals surface area contributed by atoms with Crippen LogP contribution in [0.4, 0.5) is 5.69 Å². The number of amides is 1. The summed E-state index contributed by atoms with van der Waals surface area (Å²) in [6, 6.07) is 13.4. The van der Waals surface area contributed by atoms with Crippen molar-refractivity contribution in [2.45, 2.75) is 26.3 Å². The maximum atomic E-state index is 12.8. The molecule has 30 heavy (non-hydrogen) atoms. The molecule has 0 aliphatic heterocycles. The lowest BCUT2D eigenvalue weighted by Crippen LogP contribution is -2.30. The molecule has 156 valence electrons. The second-order valence-corrected chi connectivity index (χ2v) is 7.49. The van der Waals surface area contributed by atoms with Crippen molar-refractivity contribution in [1.29, 1.82) is 0 Å². The second-order valence-electron chi connectivity index (χ2n) is 6.65. The number of nitrogens with one attached hydrogen (secondary N) is 1. The first-order valence-electron chi connectivity index (χ1n) is 9.41. The Morgan fingerprint density at radius 3 is 2.50 bits per heavy atom. The first-order valence-corrected chi connectivity index (χ1v) is 10.2. The number of anilines is 1. The topological polar surface area (TPSA) is 73.2 Å². The van der Waals surface area contributed by atoms with Crippen LogP contribution in [-0.4, -0.2) is 22.6 Å². The minimum absolute atomic E-state index is 0.195. The van der Waals surface area contributed by atoms with Gasteiger partial charge in [-0.3, -0.25) is 14.2 Å². The Balaban J connectivity index is 1.92. The summed E-state index contributed by atoms with van der Waals surface area (Å²) < 4.78 is 6.46. The Kier molecular flexibility index (Phi) is 7.13. The molecule has 6 nitrogen and oxygen atoms in total. The first kappa shape index (κ1) is 21.9. The van der Waals surface area contributed by atoms with Crippen LogP contribution < -0.4 is 15.6 Å². The Hall–Kier alpha value is -2.83. The highest BCUT2D eigenvalue weighted by Gasteiger charge is 2.15. The van der Waals surface area contributed by atoms with Crippen LogP contribution in [0.5, 0.6) is 5.75 Å². The number of halogens is 2. The van der Waals surface area contributed by atoms with Crippen molar-refractivity contribution in [2.75, 3.05) is 12.4 Å². The van der Waals surface area contributed by atoms with E-state index in [0.29, 0.717) is 45.0 Å². The van der Waals surface area contributed by atoms with Gasteiger partial charge < -0.3 is 10.1 Å².